The molecule has 1 aliphatic heterocycles. The molecule has 0 radical (unpaired) electrons. The molecule has 28 heavy (non-hydrogen) atoms. The lowest BCUT2D eigenvalue weighted by Gasteiger charge is -2.57. The molecular weight excluding hydrogens is 352 g/mol. The van der Waals surface area contributed by atoms with E-state index in [4.69, 9.17) is 9.73 Å². The molecular formula is C22H38N4O2. The highest BCUT2D eigenvalue weighted by molar-refractivity contribution is 5.84. The Morgan fingerprint density at radius 3 is 2.46 bits per heavy atom. The lowest BCUT2D eigenvalue weighted by molar-refractivity contribution is -0.138. The maximum Gasteiger partial charge on any atom is 0.230 e. The first-order valence-electron chi connectivity index (χ1n) is 11.4. The van der Waals surface area contributed by atoms with E-state index in [0.29, 0.717) is 30.0 Å². The molecule has 0 aromatic rings. The fourth-order valence-electron chi connectivity index (χ4n) is 6.57. The first-order chi connectivity index (χ1) is 13.5. The molecule has 1 saturated heterocycles. The Morgan fingerprint density at radius 2 is 1.82 bits per heavy atom. The highest BCUT2D eigenvalue weighted by atomic mass is 16.5. The summed E-state index contributed by atoms with van der Waals surface area (Å²) in [6, 6.07) is 0.462. The zero-order valence-electron chi connectivity index (χ0n) is 17.9. The Kier molecular flexibility index (Phi) is 5.60. The first kappa shape index (κ1) is 20.0. The molecule has 1 heterocycles. The molecule has 0 aromatic carbocycles. The van der Waals surface area contributed by atoms with E-state index in [-0.39, 0.29) is 11.3 Å². The van der Waals surface area contributed by atoms with Crippen molar-refractivity contribution in [3.63, 3.8) is 0 Å². The SMILES string of the molecule is CCNC(=NCC1(C(=O)N(C)C)CCCC1)NC1C2CCOC2C12CCCC2. The number of aliphatic imine (C=N–C) groups is 1. The molecule has 2 N–H and O–H groups in total. The predicted octanol–water partition coefficient (Wildman–Crippen LogP) is 2.54. The van der Waals surface area contributed by atoms with Crippen LogP contribution in [0.4, 0.5) is 0 Å². The topological polar surface area (TPSA) is 66.0 Å². The Hall–Kier alpha value is -1.30. The van der Waals surface area contributed by atoms with E-state index in [2.05, 4.69) is 17.6 Å². The molecule has 0 aromatic heterocycles. The summed E-state index contributed by atoms with van der Waals surface area (Å²) in [7, 11) is 3.74. The van der Waals surface area contributed by atoms with Gasteiger partial charge in [-0.1, -0.05) is 25.7 Å². The number of hydrogen-bond donors (Lipinski definition) is 2. The van der Waals surface area contributed by atoms with Gasteiger partial charge in [-0.15, -0.1) is 0 Å². The molecule has 4 fully saturated rings. The second-order valence-corrected chi connectivity index (χ2v) is 9.69. The third kappa shape index (κ3) is 3.21. The van der Waals surface area contributed by atoms with Crippen molar-refractivity contribution in [1.29, 1.82) is 0 Å². The molecule has 4 aliphatic rings. The van der Waals surface area contributed by atoms with Crippen molar-refractivity contribution < 1.29 is 9.53 Å². The fraction of sp³-hybridized carbons (Fsp3) is 0.909. The van der Waals surface area contributed by atoms with Crippen LogP contribution in [0.3, 0.4) is 0 Å². The molecule has 0 bridgehead atoms. The van der Waals surface area contributed by atoms with Gasteiger partial charge in [0, 0.05) is 44.6 Å². The Balaban J connectivity index is 1.50. The van der Waals surface area contributed by atoms with Crippen molar-refractivity contribution in [3.8, 4) is 0 Å². The van der Waals surface area contributed by atoms with Gasteiger partial charge in [-0.05, 0) is 39.0 Å². The van der Waals surface area contributed by atoms with Gasteiger partial charge < -0.3 is 20.3 Å². The number of carbonyl (C=O) groups is 1. The van der Waals surface area contributed by atoms with Crippen molar-refractivity contribution in [2.24, 2.45) is 21.7 Å². The van der Waals surface area contributed by atoms with Crippen LogP contribution in [0.2, 0.25) is 0 Å². The van der Waals surface area contributed by atoms with Crippen LogP contribution in [0.5, 0.6) is 0 Å². The number of hydrogen-bond acceptors (Lipinski definition) is 3. The van der Waals surface area contributed by atoms with Gasteiger partial charge in [0.1, 0.15) is 0 Å². The van der Waals surface area contributed by atoms with Crippen LogP contribution in [0.1, 0.15) is 64.7 Å². The molecule has 6 nitrogen and oxygen atoms in total. The maximum absolute atomic E-state index is 12.9. The highest BCUT2D eigenvalue weighted by Crippen LogP contribution is 2.60. The number of nitrogens with one attached hydrogen (secondary N) is 2. The van der Waals surface area contributed by atoms with Crippen molar-refractivity contribution in [3.05, 3.63) is 0 Å². The summed E-state index contributed by atoms with van der Waals surface area (Å²) in [5, 5.41) is 7.25. The third-order valence-corrected chi connectivity index (χ3v) is 7.88. The molecule has 3 saturated carbocycles. The van der Waals surface area contributed by atoms with E-state index in [9.17, 15) is 4.79 Å². The third-order valence-electron chi connectivity index (χ3n) is 7.88. The van der Waals surface area contributed by atoms with Crippen LogP contribution >= 0.6 is 0 Å². The van der Waals surface area contributed by atoms with Crippen LogP contribution in [0.25, 0.3) is 0 Å². The van der Waals surface area contributed by atoms with E-state index in [0.717, 1.165) is 51.2 Å². The summed E-state index contributed by atoms with van der Waals surface area (Å²) in [6.45, 7) is 4.44. The van der Waals surface area contributed by atoms with Gasteiger partial charge >= 0.3 is 0 Å². The number of nitrogens with zero attached hydrogens (tertiary/aromatic N) is 2. The average Bonchev–Trinajstić information content (AvgIpc) is 3.43. The molecule has 1 amide bonds. The van der Waals surface area contributed by atoms with E-state index in [1.165, 1.54) is 25.7 Å². The minimum Gasteiger partial charge on any atom is -0.377 e. The van der Waals surface area contributed by atoms with Gasteiger partial charge in [-0.2, -0.15) is 0 Å². The summed E-state index contributed by atoms with van der Waals surface area (Å²) in [6.07, 6.45) is 11.0. The summed E-state index contributed by atoms with van der Waals surface area (Å²) >= 11 is 0. The zero-order valence-corrected chi connectivity index (χ0v) is 17.9. The second-order valence-electron chi connectivity index (χ2n) is 9.69. The minimum absolute atomic E-state index is 0.241. The lowest BCUT2D eigenvalue weighted by atomic mass is 9.54. The normalized spacial score (nSPS) is 32.8. The zero-order chi connectivity index (χ0) is 19.8. The molecule has 3 aliphatic carbocycles. The monoisotopic (exact) mass is 390 g/mol. The number of rotatable bonds is 5. The largest absolute Gasteiger partial charge is 0.377 e. The van der Waals surface area contributed by atoms with Crippen LogP contribution in [0.15, 0.2) is 4.99 Å². The Labute approximate surface area is 169 Å². The van der Waals surface area contributed by atoms with E-state index in [1.54, 1.807) is 4.90 Å². The van der Waals surface area contributed by atoms with Gasteiger partial charge in [0.15, 0.2) is 5.96 Å². The van der Waals surface area contributed by atoms with Crippen molar-refractivity contribution in [2.75, 3.05) is 33.8 Å². The summed E-state index contributed by atoms with van der Waals surface area (Å²) in [5.74, 6) is 1.75. The minimum atomic E-state index is -0.310. The number of amides is 1. The smallest absolute Gasteiger partial charge is 0.230 e. The number of ether oxygens (including phenoxy) is 1. The van der Waals surface area contributed by atoms with Crippen LogP contribution in [0, 0.1) is 16.7 Å². The predicted molar refractivity (Wildman–Crippen MR) is 111 cm³/mol. The van der Waals surface area contributed by atoms with Crippen LogP contribution in [-0.4, -0.2) is 62.7 Å². The van der Waals surface area contributed by atoms with Crippen molar-refractivity contribution in [2.45, 2.75) is 76.9 Å². The van der Waals surface area contributed by atoms with Gasteiger partial charge in [0.05, 0.1) is 18.1 Å². The molecule has 3 unspecified atom stereocenters. The van der Waals surface area contributed by atoms with Crippen molar-refractivity contribution in [1.82, 2.24) is 15.5 Å². The molecule has 6 heteroatoms. The molecule has 158 valence electrons. The molecule has 1 spiro atoms. The number of guanidine groups is 1. The van der Waals surface area contributed by atoms with E-state index in [1.807, 2.05) is 14.1 Å². The fourth-order valence-corrected chi connectivity index (χ4v) is 6.57. The summed E-state index contributed by atoms with van der Waals surface area (Å²) < 4.78 is 6.13. The Morgan fingerprint density at radius 1 is 1.14 bits per heavy atom. The molecule has 4 rings (SSSR count). The van der Waals surface area contributed by atoms with Crippen LogP contribution < -0.4 is 10.6 Å². The number of carbonyl (C=O) groups excluding carboxylic acids is 1. The quantitative estimate of drug-likeness (QED) is 0.559. The summed E-state index contributed by atoms with van der Waals surface area (Å²) in [5.41, 5.74) is -0.00260. The molecule has 3 atom stereocenters. The Bertz CT molecular complexity index is 606. The van der Waals surface area contributed by atoms with Gasteiger partial charge in [-0.25, -0.2) is 0 Å². The first-order valence-corrected chi connectivity index (χ1v) is 11.4. The standard InChI is InChI=1S/C22H38N4O2/c1-4-23-20(24-15-21(10-5-6-11-21)19(27)26(2)3)25-17-16-9-14-28-18(16)22(17)12-7-8-13-22/h16-18H,4-15H2,1-3H3,(H2,23,24,25). The maximum atomic E-state index is 12.9. The lowest BCUT2D eigenvalue weighted by Crippen LogP contribution is -2.69. The number of fused-ring (bicyclic) bond motifs is 2. The van der Waals surface area contributed by atoms with Crippen LogP contribution in [-0.2, 0) is 9.53 Å². The highest BCUT2D eigenvalue weighted by Gasteiger charge is 2.65. The summed E-state index contributed by atoms with van der Waals surface area (Å²) in [4.78, 5) is 19.6. The second kappa shape index (κ2) is 7.85. The van der Waals surface area contributed by atoms with E-state index >= 15 is 0 Å². The van der Waals surface area contributed by atoms with Gasteiger partial charge in [-0.3, -0.25) is 9.79 Å². The van der Waals surface area contributed by atoms with E-state index < -0.39 is 0 Å². The average molecular weight is 391 g/mol. The van der Waals surface area contributed by atoms with Gasteiger partial charge in [0.2, 0.25) is 5.91 Å². The van der Waals surface area contributed by atoms with Gasteiger partial charge in [0.25, 0.3) is 0 Å². The van der Waals surface area contributed by atoms with Crippen molar-refractivity contribution >= 4 is 11.9 Å².